The van der Waals surface area contributed by atoms with Crippen LogP contribution in [0.25, 0.3) is 11.4 Å². The third-order valence-electron chi connectivity index (χ3n) is 4.81. The molecule has 150 valence electrons. The first-order valence-corrected chi connectivity index (χ1v) is 9.70. The van der Waals surface area contributed by atoms with Crippen molar-refractivity contribution in [3.63, 3.8) is 0 Å². The number of rotatable bonds is 4. The third kappa shape index (κ3) is 3.07. The number of imide groups is 1. The summed E-state index contributed by atoms with van der Waals surface area (Å²) in [4.78, 5) is 30.9. The summed E-state index contributed by atoms with van der Waals surface area (Å²) in [6, 6.07) is 10.6. The maximum absolute atomic E-state index is 13.2. The van der Waals surface area contributed by atoms with Crippen molar-refractivity contribution >= 4 is 33.4 Å². The first-order chi connectivity index (χ1) is 14.5. The van der Waals surface area contributed by atoms with Crippen LogP contribution in [0.5, 0.6) is 0 Å². The number of nitrogens with zero attached hydrogens (tertiary/aromatic N) is 6. The van der Waals surface area contributed by atoms with Gasteiger partial charge in [-0.2, -0.15) is 10.1 Å². The maximum Gasteiger partial charge on any atom is 0.263 e. The molecule has 2 amide bonds. The van der Waals surface area contributed by atoms with Crippen molar-refractivity contribution in [1.29, 1.82) is 0 Å². The number of hydrogen-bond donors (Lipinski definition) is 0. The lowest BCUT2D eigenvalue weighted by Crippen LogP contribution is -2.39. The van der Waals surface area contributed by atoms with E-state index in [0.29, 0.717) is 5.82 Å². The fourth-order valence-electron chi connectivity index (χ4n) is 3.37. The zero-order valence-corrected chi connectivity index (χ0v) is 16.7. The normalized spacial score (nSPS) is 20.3. The Morgan fingerprint density at radius 2 is 1.77 bits per heavy atom. The maximum atomic E-state index is 13.2. The second kappa shape index (κ2) is 7.10. The van der Waals surface area contributed by atoms with Crippen molar-refractivity contribution in [2.24, 2.45) is 10.3 Å². The molecule has 1 aromatic heterocycles. The molecule has 2 aliphatic rings. The Labute approximate surface area is 177 Å². The number of halogens is 2. The highest BCUT2D eigenvalue weighted by atomic mass is 79.9. The topological polar surface area (TPSA) is 104 Å². The van der Waals surface area contributed by atoms with Crippen LogP contribution in [0.1, 0.15) is 5.89 Å². The van der Waals surface area contributed by atoms with Crippen LogP contribution < -0.4 is 4.90 Å². The second-order valence-electron chi connectivity index (χ2n) is 6.70. The van der Waals surface area contributed by atoms with Gasteiger partial charge in [-0.3, -0.25) is 14.6 Å². The van der Waals surface area contributed by atoms with E-state index in [-0.39, 0.29) is 18.1 Å². The summed E-state index contributed by atoms with van der Waals surface area (Å²) >= 11 is 3.37. The summed E-state index contributed by atoms with van der Waals surface area (Å²) in [5.74, 6) is -0.838. The molecule has 9 nitrogen and oxygen atoms in total. The number of carbonyl (C=O) groups excluding carboxylic acids is 2. The van der Waals surface area contributed by atoms with E-state index < -0.39 is 29.7 Å². The summed E-state index contributed by atoms with van der Waals surface area (Å²) in [5, 5.41) is 13.2. The van der Waals surface area contributed by atoms with Crippen LogP contribution in [0.2, 0.25) is 0 Å². The minimum absolute atomic E-state index is 0.0183. The van der Waals surface area contributed by atoms with Crippen molar-refractivity contribution in [3.8, 4) is 11.4 Å². The van der Waals surface area contributed by atoms with Gasteiger partial charge in [0.25, 0.3) is 11.8 Å². The molecule has 0 radical (unpaired) electrons. The number of amides is 2. The molecule has 3 aromatic rings. The van der Waals surface area contributed by atoms with Gasteiger partial charge in [0.2, 0.25) is 11.7 Å². The molecule has 0 saturated carbocycles. The number of carbonyl (C=O) groups is 2. The number of anilines is 1. The molecular formula is C19H12BrFN6O3. The highest BCUT2D eigenvalue weighted by Gasteiger charge is 2.55. The van der Waals surface area contributed by atoms with Crippen molar-refractivity contribution in [1.82, 2.24) is 15.1 Å². The summed E-state index contributed by atoms with van der Waals surface area (Å²) in [7, 11) is 0. The standard InChI is InChI=1S/C19H12BrFN6O3/c20-11-3-1-10(2-4-11)17-22-14(30-24-17)9-26-16-15(23-25-26)18(28)27(19(16)29)13-7-5-12(21)6-8-13/h1-8,15-16H,9H2/t15-,16+/m1/s1. The highest BCUT2D eigenvalue weighted by molar-refractivity contribution is 9.10. The molecule has 0 unspecified atom stereocenters. The fourth-order valence-corrected chi connectivity index (χ4v) is 3.64. The van der Waals surface area contributed by atoms with Crippen LogP contribution in [0.3, 0.4) is 0 Å². The van der Waals surface area contributed by atoms with Gasteiger partial charge < -0.3 is 4.52 Å². The van der Waals surface area contributed by atoms with Gasteiger partial charge in [0.15, 0.2) is 12.1 Å². The highest BCUT2D eigenvalue weighted by Crippen LogP contribution is 2.32. The Kier molecular flexibility index (Phi) is 4.39. The number of hydrogen-bond acceptors (Lipinski definition) is 8. The lowest BCUT2D eigenvalue weighted by molar-refractivity contribution is -0.123. The van der Waals surface area contributed by atoms with Crippen LogP contribution in [-0.2, 0) is 16.1 Å². The number of benzene rings is 2. The van der Waals surface area contributed by atoms with Crippen LogP contribution in [-0.4, -0.2) is 39.0 Å². The van der Waals surface area contributed by atoms with Crippen molar-refractivity contribution < 1.29 is 18.5 Å². The molecular weight excluding hydrogens is 459 g/mol. The molecule has 2 atom stereocenters. The van der Waals surface area contributed by atoms with Crippen molar-refractivity contribution in [2.75, 3.05) is 4.90 Å². The quantitative estimate of drug-likeness (QED) is 0.542. The Hall–Kier alpha value is -3.47. The van der Waals surface area contributed by atoms with E-state index in [1.807, 2.05) is 24.3 Å². The minimum Gasteiger partial charge on any atom is -0.337 e. The van der Waals surface area contributed by atoms with Crippen LogP contribution in [0.4, 0.5) is 10.1 Å². The molecule has 1 fully saturated rings. The second-order valence-corrected chi connectivity index (χ2v) is 7.61. The van der Waals surface area contributed by atoms with Crippen LogP contribution in [0, 0.1) is 5.82 Å². The van der Waals surface area contributed by atoms with Gasteiger partial charge in [-0.15, -0.1) is 0 Å². The monoisotopic (exact) mass is 470 g/mol. The SMILES string of the molecule is O=C1[C@@H]2[C@@H](N=NN2Cc2nc(-c3ccc(Br)cc3)no2)C(=O)N1c1ccc(F)cc1. The fraction of sp³-hybridized carbons (Fsp3) is 0.158. The molecule has 0 N–H and O–H groups in total. The largest absolute Gasteiger partial charge is 0.337 e. The molecule has 0 aliphatic carbocycles. The van der Waals surface area contributed by atoms with E-state index in [0.717, 1.165) is 14.9 Å². The first-order valence-electron chi connectivity index (χ1n) is 8.90. The van der Waals surface area contributed by atoms with Crippen molar-refractivity contribution in [3.05, 3.63) is 64.7 Å². The Morgan fingerprint density at radius 1 is 1.03 bits per heavy atom. The first kappa shape index (κ1) is 18.6. The van der Waals surface area contributed by atoms with E-state index in [1.54, 1.807) is 0 Å². The van der Waals surface area contributed by atoms with Gasteiger partial charge in [-0.05, 0) is 48.5 Å². The molecule has 0 spiro atoms. The Morgan fingerprint density at radius 3 is 2.50 bits per heavy atom. The lowest BCUT2D eigenvalue weighted by atomic mass is 10.1. The lowest BCUT2D eigenvalue weighted by Gasteiger charge is -2.19. The Balaban J connectivity index is 1.36. The predicted octanol–water partition coefficient (Wildman–Crippen LogP) is 3.13. The summed E-state index contributed by atoms with van der Waals surface area (Å²) in [6.45, 7) is 0.0183. The zero-order valence-electron chi connectivity index (χ0n) is 15.1. The average molecular weight is 471 g/mol. The van der Waals surface area contributed by atoms with Gasteiger partial charge in [-0.1, -0.05) is 26.3 Å². The molecule has 3 heterocycles. The molecule has 2 aromatic carbocycles. The van der Waals surface area contributed by atoms with E-state index >= 15 is 0 Å². The van der Waals surface area contributed by atoms with E-state index in [2.05, 4.69) is 36.4 Å². The molecule has 0 bridgehead atoms. The molecule has 5 rings (SSSR count). The van der Waals surface area contributed by atoms with E-state index in [4.69, 9.17) is 4.52 Å². The van der Waals surface area contributed by atoms with Crippen LogP contribution in [0.15, 0.2) is 67.9 Å². The van der Waals surface area contributed by atoms with Gasteiger partial charge >= 0.3 is 0 Å². The summed E-state index contributed by atoms with van der Waals surface area (Å²) in [5.41, 5.74) is 1.05. The van der Waals surface area contributed by atoms with Gasteiger partial charge in [0.05, 0.1) is 5.69 Å². The number of aromatic nitrogens is 2. The third-order valence-corrected chi connectivity index (χ3v) is 5.34. The average Bonchev–Trinajstić information content (AvgIpc) is 3.43. The van der Waals surface area contributed by atoms with E-state index in [1.165, 1.54) is 29.3 Å². The molecule has 30 heavy (non-hydrogen) atoms. The molecule has 11 heteroatoms. The van der Waals surface area contributed by atoms with Gasteiger partial charge in [-0.25, -0.2) is 9.29 Å². The van der Waals surface area contributed by atoms with Gasteiger partial charge in [0, 0.05) is 10.0 Å². The summed E-state index contributed by atoms with van der Waals surface area (Å²) < 4.78 is 19.4. The molecule has 2 aliphatic heterocycles. The smallest absolute Gasteiger partial charge is 0.263 e. The minimum atomic E-state index is -0.962. The van der Waals surface area contributed by atoms with Crippen molar-refractivity contribution in [2.45, 2.75) is 18.6 Å². The Bertz CT molecular complexity index is 1160. The van der Waals surface area contributed by atoms with Crippen LogP contribution >= 0.6 is 15.9 Å². The molecule has 1 saturated heterocycles. The predicted molar refractivity (Wildman–Crippen MR) is 104 cm³/mol. The zero-order chi connectivity index (χ0) is 20.8. The number of fused-ring (bicyclic) bond motifs is 1. The summed E-state index contributed by atoms with van der Waals surface area (Å²) in [6.07, 6.45) is 0. The van der Waals surface area contributed by atoms with E-state index in [9.17, 15) is 14.0 Å². The van der Waals surface area contributed by atoms with Gasteiger partial charge in [0.1, 0.15) is 12.4 Å².